The van der Waals surface area contributed by atoms with Crippen molar-refractivity contribution in [1.29, 1.82) is 0 Å². The van der Waals surface area contributed by atoms with Crippen LogP contribution in [0.15, 0.2) is 28.1 Å². The highest BCUT2D eigenvalue weighted by molar-refractivity contribution is 7.99. The van der Waals surface area contributed by atoms with Crippen molar-refractivity contribution < 1.29 is 4.39 Å². The summed E-state index contributed by atoms with van der Waals surface area (Å²) in [4.78, 5) is 5.29. The Balaban J connectivity index is 2.48. The molecule has 0 fully saturated rings. The van der Waals surface area contributed by atoms with Gasteiger partial charge >= 0.3 is 0 Å². The van der Waals surface area contributed by atoms with E-state index in [0.717, 1.165) is 15.6 Å². The van der Waals surface area contributed by atoms with Crippen molar-refractivity contribution in [3.05, 3.63) is 39.8 Å². The molecule has 0 aliphatic carbocycles. The Morgan fingerprint density at radius 2 is 1.90 bits per heavy atom. The molecule has 0 saturated heterocycles. The molecule has 0 aliphatic rings. The molecule has 0 amide bonds. The standard InChI is InChI=1S/C14H16Cl2FN3S/c1-8(2)13-14(20(7-17)12(6-18)19-13)21-11-4-9(15)3-10(16)5-11/h3-5,8H,6-7,18H2,1-2H3. The van der Waals surface area contributed by atoms with Gasteiger partial charge in [0.05, 0.1) is 12.2 Å². The summed E-state index contributed by atoms with van der Waals surface area (Å²) in [7, 11) is 0. The Morgan fingerprint density at radius 3 is 2.38 bits per heavy atom. The van der Waals surface area contributed by atoms with E-state index in [1.807, 2.05) is 13.8 Å². The van der Waals surface area contributed by atoms with Crippen LogP contribution < -0.4 is 5.73 Å². The van der Waals surface area contributed by atoms with Crippen LogP contribution in [0.1, 0.15) is 31.3 Å². The monoisotopic (exact) mass is 347 g/mol. The van der Waals surface area contributed by atoms with Gasteiger partial charge in [0.25, 0.3) is 0 Å². The Morgan fingerprint density at radius 1 is 1.29 bits per heavy atom. The lowest BCUT2D eigenvalue weighted by molar-refractivity contribution is 0.351. The number of halogens is 3. The molecule has 0 radical (unpaired) electrons. The largest absolute Gasteiger partial charge is 0.324 e. The second-order valence-corrected chi connectivity index (χ2v) is 6.77. The first-order valence-electron chi connectivity index (χ1n) is 6.45. The first-order chi connectivity index (χ1) is 9.96. The fourth-order valence-corrected chi connectivity index (χ4v) is 3.87. The minimum Gasteiger partial charge on any atom is -0.324 e. The summed E-state index contributed by atoms with van der Waals surface area (Å²) in [6.45, 7) is 3.56. The van der Waals surface area contributed by atoms with Gasteiger partial charge in [0.15, 0.2) is 6.80 Å². The second kappa shape index (κ2) is 7.01. The Kier molecular flexibility index (Phi) is 5.54. The van der Waals surface area contributed by atoms with Gasteiger partial charge in [-0.15, -0.1) is 0 Å². The molecule has 0 bridgehead atoms. The number of nitrogens with zero attached hydrogens (tertiary/aromatic N) is 2. The zero-order chi connectivity index (χ0) is 15.6. The van der Waals surface area contributed by atoms with Crippen LogP contribution in [0.2, 0.25) is 10.0 Å². The smallest absolute Gasteiger partial charge is 0.167 e. The topological polar surface area (TPSA) is 43.8 Å². The third-order valence-electron chi connectivity index (χ3n) is 2.92. The quantitative estimate of drug-likeness (QED) is 0.840. The van der Waals surface area contributed by atoms with E-state index in [9.17, 15) is 4.39 Å². The predicted octanol–water partition coefficient (Wildman–Crippen LogP) is 4.85. The lowest BCUT2D eigenvalue weighted by atomic mass is 10.2. The van der Waals surface area contributed by atoms with E-state index >= 15 is 0 Å². The Hall–Kier alpha value is -0.750. The number of nitrogens with two attached hydrogens (primary N) is 1. The molecule has 2 rings (SSSR count). The van der Waals surface area contributed by atoms with Crippen molar-refractivity contribution in [2.45, 2.75) is 43.0 Å². The van der Waals surface area contributed by atoms with Gasteiger partial charge in [-0.1, -0.05) is 48.8 Å². The van der Waals surface area contributed by atoms with Gasteiger partial charge in [-0.25, -0.2) is 9.37 Å². The number of hydrogen-bond donors (Lipinski definition) is 1. The van der Waals surface area contributed by atoms with Gasteiger partial charge in [-0.3, -0.25) is 4.57 Å². The number of aromatic nitrogens is 2. The number of benzene rings is 1. The fraction of sp³-hybridized carbons (Fsp3) is 0.357. The Bertz CT molecular complexity index is 623. The van der Waals surface area contributed by atoms with Gasteiger partial charge in [-0.2, -0.15) is 0 Å². The number of rotatable bonds is 5. The van der Waals surface area contributed by atoms with Gasteiger partial charge < -0.3 is 5.73 Å². The average Bonchev–Trinajstić information content (AvgIpc) is 2.75. The third kappa shape index (κ3) is 3.72. The number of hydrogen-bond acceptors (Lipinski definition) is 3. The van der Waals surface area contributed by atoms with Gasteiger partial charge in [0.1, 0.15) is 10.9 Å². The van der Waals surface area contributed by atoms with E-state index in [1.165, 1.54) is 16.3 Å². The summed E-state index contributed by atoms with van der Waals surface area (Å²) < 4.78 is 14.9. The molecule has 3 nitrogen and oxygen atoms in total. The normalized spacial score (nSPS) is 11.4. The van der Waals surface area contributed by atoms with Crippen molar-refractivity contribution in [1.82, 2.24) is 9.55 Å². The van der Waals surface area contributed by atoms with Gasteiger partial charge in [-0.05, 0) is 24.1 Å². The van der Waals surface area contributed by atoms with Crippen molar-refractivity contribution in [3.8, 4) is 0 Å². The van der Waals surface area contributed by atoms with Crippen molar-refractivity contribution in [3.63, 3.8) is 0 Å². The molecule has 21 heavy (non-hydrogen) atoms. The lowest BCUT2D eigenvalue weighted by Crippen LogP contribution is -2.07. The third-order valence-corrected chi connectivity index (χ3v) is 4.46. The highest BCUT2D eigenvalue weighted by Crippen LogP contribution is 2.37. The van der Waals surface area contributed by atoms with Gasteiger partial charge in [0.2, 0.25) is 0 Å². The zero-order valence-electron chi connectivity index (χ0n) is 11.7. The van der Waals surface area contributed by atoms with Gasteiger partial charge in [0, 0.05) is 14.9 Å². The van der Waals surface area contributed by atoms with Crippen LogP contribution in [0, 0.1) is 0 Å². The first-order valence-corrected chi connectivity index (χ1v) is 8.02. The minimum atomic E-state index is -0.664. The number of alkyl halides is 1. The maximum absolute atomic E-state index is 13.4. The van der Waals surface area contributed by atoms with Crippen LogP contribution in [0.25, 0.3) is 0 Å². The van der Waals surface area contributed by atoms with E-state index in [0.29, 0.717) is 15.9 Å². The second-order valence-electron chi connectivity index (χ2n) is 4.83. The highest BCUT2D eigenvalue weighted by Gasteiger charge is 2.20. The molecule has 0 unspecified atom stereocenters. The molecule has 1 heterocycles. The van der Waals surface area contributed by atoms with Crippen LogP contribution in [-0.4, -0.2) is 9.55 Å². The molecular weight excluding hydrogens is 332 g/mol. The van der Waals surface area contributed by atoms with Crippen LogP contribution in [-0.2, 0) is 13.3 Å². The summed E-state index contributed by atoms with van der Waals surface area (Å²) in [5.41, 5.74) is 6.48. The summed E-state index contributed by atoms with van der Waals surface area (Å²) >= 11 is 13.4. The molecular formula is C14H16Cl2FN3S. The highest BCUT2D eigenvalue weighted by atomic mass is 35.5. The zero-order valence-corrected chi connectivity index (χ0v) is 14.1. The Labute approximate surface area is 137 Å². The first kappa shape index (κ1) is 16.6. The molecule has 2 aromatic rings. The fourth-order valence-electron chi connectivity index (χ4n) is 1.96. The molecule has 1 aromatic heterocycles. The average molecular weight is 348 g/mol. The maximum atomic E-state index is 13.4. The summed E-state index contributed by atoms with van der Waals surface area (Å²) in [6, 6.07) is 5.24. The summed E-state index contributed by atoms with van der Waals surface area (Å²) in [6.07, 6.45) is 0. The molecule has 0 saturated carbocycles. The van der Waals surface area contributed by atoms with Crippen LogP contribution in [0.5, 0.6) is 0 Å². The number of imidazole rings is 1. The van der Waals surface area contributed by atoms with E-state index in [-0.39, 0.29) is 12.5 Å². The van der Waals surface area contributed by atoms with E-state index < -0.39 is 6.80 Å². The van der Waals surface area contributed by atoms with E-state index in [2.05, 4.69) is 4.98 Å². The predicted molar refractivity (Wildman–Crippen MR) is 85.9 cm³/mol. The minimum absolute atomic E-state index is 0.167. The van der Waals surface area contributed by atoms with E-state index in [1.54, 1.807) is 18.2 Å². The molecule has 7 heteroatoms. The molecule has 1 aromatic carbocycles. The maximum Gasteiger partial charge on any atom is 0.167 e. The van der Waals surface area contributed by atoms with Crippen molar-refractivity contribution in [2.24, 2.45) is 5.73 Å². The molecule has 2 N–H and O–H groups in total. The van der Waals surface area contributed by atoms with Crippen LogP contribution in [0.3, 0.4) is 0 Å². The van der Waals surface area contributed by atoms with Crippen LogP contribution >= 0.6 is 35.0 Å². The molecule has 0 spiro atoms. The molecule has 114 valence electrons. The molecule has 0 atom stereocenters. The molecule has 0 aliphatic heterocycles. The SMILES string of the molecule is CC(C)c1nc(CN)n(CF)c1Sc1cc(Cl)cc(Cl)c1. The summed E-state index contributed by atoms with van der Waals surface area (Å²) in [5.74, 6) is 0.706. The van der Waals surface area contributed by atoms with Crippen molar-refractivity contribution >= 4 is 35.0 Å². The van der Waals surface area contributed by atoms with E-state index in [4.69, 9.17) is 28.9 Å². The van der Waals surface area contributed by atoms with Crippen LogP contribution in [0.4, 0.5) is 4.39 Å². The lowest BCUT2D eigenvalue weighted by Gasteiger charge is -2.10. The van der Waals surface area contributed by atoms with Crippen molar-refractivity contribution in [2.75, 3.05) is 0 Å². The summed E-state index contributed by atoms with van der Waals surface area (Å²) in [5, 5.41) is 1.83.